The fraction of sp³-hybridized carbons (Fsp3) is 0.0714. The fourth-order valence-corrected chi connectivity index (χ4v) is 2.43. The number of hydrogen-bond acceptors (Lipinski definition) is 3. The molecule has 2 aromatic rings. The average molecular weight is 340 g/mol. The molecule has 116 valence electrons. The molecule has 2 amide bonds. The van der Waals surface area contributed by atoms with Gasteiger partial charge in [0.2, 0.25) is 10.0 Å². The molecule has 0 radical (unpaired) electrons. The van der Waals surface area contributed by atoms with Crippen molar-refractivity contribution >= 4 is 44.7 Å². The van der Waals surface area contributed by atoms with Crippen molar-refractivity contribution in [1.82, 2.24) is 0 Å². The Bertz CT molecular complexity index is 776. The summed E-state index contributed by atoms with van der Waals surface area (Å²) in [4.78, 5) is 11.9. The molecule has 0 aliphatic rings. The van der Waals surface area contributed by atoms with Gasteiger partial charge in [-0.25, -0.2) is 13.2 Å². The van der Waals surface area contributed by atoms with E-state index in [2.05, 4.69) is 15.4 Å². The van der Waals surface area contributed by atoms with E-state index < -0.39 is 16.1 Å². The van der Waals surface area contributed by atoms with Crippen LogP contribution in [0.15, 0.2) is 48.5 Å². The zero-order chi connectivity index (χ0) is 16.2. The molecular weight excluding hydrogens is 326 g/mol. The normalized spacial score (nSPS) is 10.8. The van der Waals surface area contributed by atoms with Crippen LogP contribution in [0.5, 0.6) is 0 Å². The van der Waals surface area contributed by atoms with Gasteiger partial charge in [-0.1, -0.05) is 23.7 Å². The molecule has 0 bridgehead atoms. The van der Waals surface area contributed by atoms with Crippen LogP contribution in [0.1, 0.15) is 0 Å². The Morgan fingerprint density at radius 3 is 2.14 bits per heavy atom. The van der Waals surface area contributed by atoms with Gasteiger partial charge in [0.15, 0.2) is 0 Å². The van der Waals surface area contributed by atoms with Crippen LogP contribution < -0.4 is 15.4 Å². The fourth-order valence-electron chi connectivity index (χ4n) is 1.68. The maximum absolute atomic E-state index is 11.9. The summed E-state index contributed by atoms with van der Waals surface area (Å²) in [6.45, 7) is 0. The minimum Gasteiger partial charge on any atom is -0.308 e. The second-order valence-electron chi connectivity index (χ2n) is 4.51. The summed E-state index contributed by atoms with van der Waals surface area (Å²) >= 11 is 5.95. The van der Waals surface area contributed by atoms with Crippen LogP contribution in [0.25, 0.3) is 0 Å². The highest BCUT2D eigenvalue weighted by molar-refractivity contribution is 7.92. The molecule has 0 saturated heterocycles. The summed E-state index contributed by atoms with van der Waals surface area (Å²) in [5, 5.41) is 5.68. The van der Waals surface area contributed by atoms with E-state index in [1.807, 2.05) is 0 Å². The highest BCUT2D eigenvalue weighted by Crippen LogP contribution is 2.21. The van der Waals surface area contributed by atoms with E-state index in [1.165, 1.54) is 0 Å². The van der Waals surface area contributed by atoms with Gasteiger partial charge in [0.1, 0.15) is 0 Å². The third kappa shape index (κ3) is 4.94. The lowest BCUT2D eigenvalue weighted by atomic mass is 10.3. The van der Waals surface area contributed by atoms with E-state index in [-0.39, 0.29) is 0 Å². The quantitative estimate of drug-likeness (QED) is 0.798. The minimum atomic E-state index is -3.32. The predicted octanol–water partition coefficient (Wildman–Crippen LogP) is 3.36. The largest absolute Gasteiger partial charge is 0.323 e. The van der Waals surface area contributed by atoms with Crippen LogP contribution in [-0.2, 0) is 10.0 Å². The first-order chi connectivity index (χ1) is 10.3. The molecule has 2 aromatic carbocycles. The Morgan fingerprint density at radius 2 is 1.55 bits per heavy atom. The number of halogens is 1. The number of carbonyl (C=O) groups excluding carboxylic acids is 1. The molecule has 22 heavy (non-hydrogen) atoms. The maximum Gasteiger partial charge on any atom is 0.323 e. The number of amides is 2. The van der Waals surface area contributed by atoms with Crippen molar-refractivity contribution in [2.45, 2.75) is 0 Å². The van der Waals surface area contributed by atoms with Gasteiger partial charge in [0, 0.05) is 11.4 Å². The predicted molar refractivity (Wildman–Crippen MR) is 89.0 cm³/mol. The van der Waals surface area contributed by atoms with Gasteiger partial charge in [0.25, 0.3) is 0 Å². The number of hydrogen-bond donors (Lipinski definition) is 3. The van der Waals surface area contributed by atoms with E-state index in [4.69, 9.17) is 11.6 Å². The molecule has 0 aliphatic heterocycles. The second kappa shape index (κ2) is 6.67. The number of rotatable bonds is 4. The first-order valence-electron chi connectivity index (χ1n) is 6.24. The minimum absolute atomic E-state index is 0.416. The Morgan fingerprint density at radius 1 is 0.955 bits per heavy atom. The van der Waals surface area contributed by atoms with Crippen LogP contribution in [-0.4, -0.2) is 20.7 Å². The summed E-state index contributed by atoms with van der Waals surface area (Å²) in [6.07, 6.45) is 1.07. The SMILES string of the molecule is CS(=O)(=O)Nc1ccc(NC(=O)Nc2ccccc2Cl)cc1. The molecule has 0 heterocycles. The first-order valence-corrected chi connectivity index (χ1v) is 8.51. The summed E-state index contributed by atoms with van der Waals surface area (Å²) in [6, 6.07) is 12.7. The molecule has 2 rings (SSSR count). The third-order valence-corrected chi connectivity index (χ3v) is 3.50. The zero-order valence-electron chi connectivity index (χ0n) is 11.6. The molecule has 6 nitrogen and oxygen atoms in total. The molecule has 0 unspecified atom stereocenters. The smallest absolute Gasteiger partial charge is 0.308 e. The van der Waals surface area contributed by atoms with Gasteiger partial charge in [-0.3, -0.25) is 4.72 Å². The van der Waals surface area contributed by atoms with Gasteiger partial charge in [0.05, 0.1) is 17.0 Å². The second-order valence-corrected chi connectivity index (χ2v) is 6.67. The summed E-state index contributed by atoms with van der Waals surface area (Å²) in [7, 11) is -3.32. The summed E-state index contributed by atoms with van der Waals surface area (Å²) < 4.78 is 24.5. The van der Waals surface area contributed by atoms with Gasteiger partial charge in [-0.05, 0) is 36.4 Å². The van der Waals surface area contributed by atoms with Crippen molar-refractivity contribution in [3.8, 4) is 0 Å². The van der Waals surface area contributed by atoms with Crippen LogP contribution in [0.2, 0.25) is 5.02 Å². The number of anilines is 3. The van der Waals surface area contributed by atoms with E-state index >= 15 is 0 Å². The lowest BCUT2D eigenvalue weighted by Gasteiger charge is -2.09. The number of sulfonamides is 1. The van der Waals surface area contributed by atoms with Gasteiger partial charge in [-0.2, -0.15) is 0 Å². The molecule has 0 saturated carbocycles. The number of nitrogens with one attached hydrogen (secondary N) is 3. The maximum atomic E-state index is 11.9. The van der Waals surface area contributed by atoms with Gasteiger partial charge >= 0.3 is 6.03 Å². The molecular formula is C14H14ClN3O3S. The Balaban J connectivity index is 1.99. The first kappa shape index (κ1) is 16.1. The topological polar surface area (TPSA) is 87.3 Å². The average Bonchev–Trinajstić information content (AvgIpc) is 2.42. The highest BCUT2D eigenvalue weighted by Gasteiger charge is 2.06. The Kier molecular flexibility index (Phi) is 4.89. The summed E-state index contributed by atoms with van der Waals surface area (Å²) in [5.41, 5.74) is 1.43. The molecule has 0 aromatic heterocycles. The van der Waals surface area contributed by atoms with Crippen molar-refractivity contribution in [3.63, 3.8) is 0 Å². The van der Waals surface area contributed by atoms with E-state index in [0.717, 1.165) is 6.26 Å². The van der Waals surface area contributed by atoms with E-state index in [9.17, 15) is 13.2 Å². The van der Waals surface area contributed by atoms with Crippen LogP contribution in [0.4, 0.5) is 21.9 Å². The van der Waals surface area contributed by atoms with Gasteiger partial charge < -0.3 is 10.6 Å². The number of benzene rings is 2. The van der Waals surface area contributed by atoms with Crippen molar-refractivity contribution in [1.29, 1.82) is 0 Å². The molecule has 0 fully saturated rings. The summed E-state index contributed by atoms with van der Waals surface area (Å²) in [5.74, 6) is 0. The number of urea groups is 1. The third-order valence-electron chi connectivity index (χ3n) is 2.57. The van der Waals surface area contributed by atoms with Crippen molar-refractivity contribution in [2.75, 3.05) is 21.6 Å². The molecule has 0 aliphatic carbocycles. The molecule has 3 N–H and O–H groups in total. The van der Waals surface area contributed by atoms with Crippen molar-refractivity contribution in [3.05, 3.63) is 53.6 Å². The van der Waals surface area contributed by atoms with Crippen LogP contribution in [0.3, 0.4) is 0 Å². The monoisotopic (exact) mass is 339 g/mol. The van der Waals surface area contributed by atoms with Crippen molar-refractivity contribution < 1.29 is 13.2 Å². The van der Waals surface area contributed by atoms with Gasteiger partial charge in [-0.15, -0.1) is 0 Å². The van der Waals surface area contributed by atoms with E-state index in [1.54, 1.807) is 48.5 Å². The number of para-hydroxylation sites is 1. The highest BCUT2D eigenvalue weighted by atomic mass is 35.5. The lowest BCUT2D eigenvalue weighted by Crippen LogP contribution is -2.19. The standard InChI is InChI=1S/C14H14ClN3O3S/c1-22(20,21)18-11-8-6-10(7-9-11)16-14(19)17-13-5-3-2-4-12(13)15/h2-9,18H,1H3,(H2,16,17,19). The Labute approximate surface area is 133 Å². The molecule has 0 spiro atoms. The van der Waals surface area contributed by atoms with Crippen LogP contribution in [0, 0.1) is 0 Å². The lowest BCUT2D eigenvalue weighted by molar-refractivity contribution is 0.262. The zero-order valence-corrected chi connectivity index (χ0v) is 13.2. The van der Waals surface area contributed by atoms with Crippen molar-refractivity contribution in [2.24, 2.45) is 0 Å². The Hall–Kier alpha value is -2.25. The molecule has 8 heteroatoms. The van der Waals surface area contributed by atoms with Crippen LogP contribution >= 0.6 is 11.6 Å². The number of carbonyl (C=O) groups is 1. The van der Waals surface area contributed by atoms with E-state index in [0.29, 0.717) is 22.1 Å². The molecule has 0 atom stereocenters.